The summed E-state index contributed by atoms with van der Waals surface area (Å²) in [4.78, 5) is 0. The van der Waals surface area contributed by atoms with Crippen molar-refractivity contribution in [2.75, 3.05) is 0 Å². The zero-order valence-corrected chi connectivity index (χ0v) is 9.93. The summed E-state index contributed by atoms with van der Waals surface area (Å²) in [5.41, 5.74) is 0. The summed E-state index contributed by atoms with van der Waals surface area (Å²) in [5.74, 6) is 0. The van der Waals surface area contributed by atoms with Gasteiger partial charge in [0.1, 0.15) is 0 Å². The normalized spacial score (nSPS) is 10.7. The second kappa shape index (κ2) is 5.31. The van der Waals surface area contributed by atoms with Crippen LogP contribution in [-0.2, 0) is 0 Å². The summed E-state index contributed by atoms with van der Waals surface area (Å²) in [6, 6.07) is 26.0. The average molecular weight is 368 g/mol. The van der Waals surface area contributed by atoms with Crippen molar-refractivity contribution in [3.05, 3.63) is 72.8 Å². The molecule has 0 spiro atoms. The fourth-order valence-corrected chi connectivity index (χ4v) is 2.77. The van der Waals surface area contributed by atoms with Crippen LogP contribution in [0.5, 0.6) is 0 Å². The van der Waals surface area contributed by atoms with Gasteiger partial charge in [0.05, 0.1) is 0 Å². The summed E-state index contributed by atoms with van der Waals surface area (Å²) < 4.78 is 0. The van der Waals surface area contributed by atoms with Crippen LogP contribution in [0.25, 0.3) is 32.3 Å². The number of hydrogen-bond acceptors (Lipinski definition) is 0. The minimum atomic E-state index is 0. The number of benzene rings is 4. The maximum atomic E-state index is 2.24. The van der Waals surface area contributed by atoms with Gasteiger partial charge in [-0.25, -0.2) is 0 Å². The molecule has 0 aliphatic heterocycles. The molecule has 0 aromatic heterocycles. The van der Waals surface area contributed by atoms with Crippen LogP contribution in [0, 0.1) is 0 Å². The Balaban J connectivity index is 0.00000110. The second-order valence-electron chi connectivity index (χ2n) is 4.67. The molecule has 19 heavy (non-hydrogen) atoms. The summed E-state index contributed by atoms with van der Waals surface area (Å²) in [6.45, 7) is 0. The van der Waals surface area contributed by atoms with Crippen molar-refractivity contribution in [1.82, 2.24) is 0 Å². The van der Waals surface area contributed by atoms with Crippen LogP contribution in [0.3, 0.4) is 0 Å². The number of hydrogen-bond donors (Lipinski definition) is 0. The zero-order chi connectivity index (χ0) is 11.9. The topological polar surface area (TPSA) is 0 Å². The third kappa shape index (κ3) is 2.14. The van der Waals surface area contributed by atoms with Crippen LogP contribution in [0.4, 0.5) is 0 Å². The molecule has 4 aromatic rings. The van der Waals surface area contributed by atoms with Crippen molar-refractivity contribution in [2.45, 2.75) is 0 Å². The van der Waals surface area contributed by atoms with Crippen molar-refractivity contribution < 1.29 is 0 Å². The molecule has 0 unspecified atom stereocenters. The smallest absolute Gasteiger partial charge is 0.00990 e. The van der Waals surface area contributed by atoms with E-state index in [1.165, 1.54) is 32.3 Å². The molecule has 1 heteroatoms. The fraction of sp³-hybridized carbons (Fsp3) is 0. The standard InChI is InChI=1S/C18H12.Ba.2H/c1-3-7-15-13(5-1)9-11-18-16-8-4-2-6-14(16)10-12-17(15)18;;;/h1-12H;;;. The minimum Gasteiger partial charge on any atom is -0.0616 e. The van der Waals surface area contributed by atoms with E-state index in [-0.39, 0.29) is 48.9 Å². The molecule has 0 aliphatic carbocycles. The van der Waals surface area contributed by atoms with Crippen LogP contribution in [-0.4, -0.2) is 48.9 Å². The van der Waals surface area contributed by atoms with Crippen molar-refractivity contribution in [1.29, 1.82) is 0 Å². The first-order valence-electron chi connectivity index (χ1n) is 6.23. The van der Waals surface area contributed by atoms with Gasteiger partial charge < -0.3 is 0 Å². The molecule has 0 bridgehead atoms. The Hall–Kier alpha value is -0.769. The van der Waals surface area contributed by atoms with Crippen LogP contribution in [0.15, 0.2) is 72.8 Å². The Labute approximate surface area is 152 Å². The summed E-state index contributed by atoms with van der Waals surface area (Å²) in [7, 11) is 0. The van der Waals surface area contributed by atoms with E-state index >= 15 is 0 Å². The maximum absolute atomic E-state index is 2.24. The summed E-state index contributed by atoms with van der Waals surface area (Å²) in [6.07, 6.45) is 0. The molecule has 0 atom stereocenters. The molecule has 0 saturated heterocycles. The first-order valence-corrected chi connectivity index (χ1v) is 6.23. The predicted molar refractivity (Wildman–Crippen MR) is 87.5 cm³/mol. The van der Waals surface area contributed by atoms with Gasteiger partial charge in [-0.3, -0.25) is 0 Å². The zero-order valence-electron chi connectivity index (χ0n) is 9.93. The fourth-order valence-electron chi connectivity index (χ4n) is 2.77. The maximum Gasteiger partial charge on any atom is -0.00990 e. The van der Waals surface area contributed by atoms with E-state index in [4.69, 9.17) is 0 Å². The van der Waals surface area contributed by atoms with E-state index < -0.39 is 0 Å². The van der Waals surface area contributed by atoms with Crippen molar-refractivity contribution in [2.24, 2.45) is 0 Å². The number of rotatable bonds is 0. The first-order chi connectivity index (χ1) is 8.93. The molecule has 0 N–H and O–H groups in total. The Morgan fingerprint density at radius 1 is 0.368 bits per heavy atom. The molecule has 0 heterocycles. The van der Waals surface area contributed by atoms with E-state index in [9.17, 15) is 0 Å². The van der Waals surface area contributed by atoms with E-state index in [1.807, 2.05) is 0 Å². The van der Waals surface area contributed by atoms with Gasteiger partial charge in [0, 0.05) is 0 Å². The van der Waals surface area contributed by atoms with Gasteiger partial charge in [0.15, 0.2) is 0 Å². The quantitative estimate of drug-likeness (QED) is 0.322. The second-order valence-corrected chi connectivity index (χ2v) is 4.67. The Bertz CT molecular complexity index is 803. The van der Waals surface area contributed by atoms with E-state index in [0.717, 1.165) is 0 Å². The SMILES string of the molecule is [BaH2].c1ccc2c(c1)ccc1c3ccccc3ccc21. The van der Waals surface area contributed by atoms with Gasteiger partial charge >= 0.3 is 48.9 Å². The molecule has 0 nitrogen and oxygen atoms in total. The Morgan fingerprint density at radius 3 is 1.26 bits per heavy atom. The van der Waals surface area contributed by atoms with Crippen LogP contribution < -0.4 is 0 Å². The van der Waals surface area contributed by atoms with Gasteiger partial charge in [-0.05, 0) is 32.3 Å². The van der Waals surface area contributed by atoms with Crippen LogP contribution >= 0.6 is 0 Å². The Kier molecular flexibility index (Phi) is 3.70. The van der Waals surface area contributed by atoms with Crippen LogP contribution in [0.2, 0.25) is 0 Å². The van der Waals surface area contributed by atoms with E-state index in [1.54, 1.807) is 0 Å². The summed E-state index contributed by atoms with van der Waals surface area (Å²) in [5, 5.41) is 7.96. The molecular formula is C18H14Ba. The van der Waals surface area contributed by atoms with E-state index in [0.29, 0.717) is 0 Å². The predicted octanol–water partition coefficient (Wildman–Crippen LogP) is 4.23. The van der Waals surface area contributed by atoms with Gasteiger partial charge in [0.2, 0.25) is 0 Å². The molecule has 0 fully saturated rings. The first kappa shape index (κ1) is 13.2. The van der Waals surface area contributed by atoms with Gasteiger partial charge in [-0.15, -0.1) is 0 Å². The monoisotopic (exact) mass is 368 g/mol. The molecule has 88 valence electrons. The van der Waals surface area contributed by atoms with Gasteiger partial charge in [0.25, 0.3) is 0 Å². The molecule has 0 saturated carbocycles. The Morgan fingerprint density at radius 2 is 0.789 bits per heavy atom. The van der Waals surface area contributed by atoms with Crippen molar-refractivity contribution >= 4 is 81.2 Å². The van der Waals surface area contributed by atoms with Crippen molar-refractivity contribution in [3.63, 3.8) is 0 Å². The molecule has 0 radical (unpaired) electrons. The largest absolute Gasteiger partial charge is 0.0616 e. The average Bonchev–Trinajstić information content (AvgIpc) is 2.46. The van der Waals surface area contributed by atoms with Crippen molar-refractivity contribution in [3.8, 4) is 0 Å². The third-order valence-electron chi connectivity index (χ3n) is 3.65. The molecular weight excluding hydrogens is 354 g/mol. The third-order valence-corrected chi connectivity index (χ3v) is 3.65. The van der Waals surface area contributed by atoms with Gasteiger partial charge in [-0.2, -0.15) is 0 Å². The summed E-state index contributed by atoms with van der Waals surface area (Å²) >= 11 is 0. The van der Waals surface area contributed by atoms with Gasteiger partial charge in [-0.1, -0.05) is 72.8 Å². The molecule has 0 amide bonds. The number of fused-ring (bicyclic) bond motifs is 5. The molecule has 4 rings (SSSR count). The molecule has 4 aromatic carbocycles. The van der Waals surface area contributed by atoms with E-state index in [2.05, 4.69) is 72.8 Å². The minimum absolute atomic E-state index is 0. The molecule has 0 aliphatic rings. The van der Waals surface area contributed by atoms with Crippen LogP contribution in [0.1, 0.15) is 0 Å².